The molecule has 32 heavy (non-hydrogen) atoms. The van der Waals surface area contributed by atoms with Gasteiger partial charge in [0.05, 0.1) is 0 Å². The molecule has 0 bridgehead atoms. The number of aryl methyl sites for hydroxylation is 2. The Hall–Kier alpha value is -3.54. The van der Waals surface area contributed by atoms with Crippen molar-refractivity contribution >= 4 is 16.8 Å². The number of nitrogens with zero attached hydrogens (tertiary/aromatic N) is 3. The second-order valence-corrected chi connectivity index (χ2v) is 8.10. The molecule has 5 nitrogen and oxygen atoms in total. The molecule has 0 fully saturated rings. The highest BCUT2D eigenvalue weighted by molar-refractivity contribution is 5.98. The summed E-state index contributed by atoms with van der Waals surface area (Å²) in [6.07, 6.45) is 6.51. The van der Waals surface area contributed by atoms with Gasteiger partial charge in [-0.25, -0.2) is 9.37 Å². The monoisotopic (exact) mass is 430 g/mol. The van der Waals surface area contributed by atoms with Gasteiger partial charge in [0.15, 0.2) is 5.69 Å². The Morgan fingerprint density at radius 2 is 1.84 bits per heavy atom. The third kappa shape index (κ3) is 4.40. The van der Waals surface area contributed by atoms with Crippen LogP contribution >= 0.6 is 0 Å². The number of nitrogens with one attached hydrogen (secondary N) is 1. The summed E-state index contributed by atoms with van der Waals surface area (Å²) < 4.78 is 13.7. The lowest BCUT2D eigenvalue weighted by Crippen LogP contribution is -2.34. The summed E-state index contributed by atoms with van der Waals surface area (Å²) in [5, 5.41) is 0.851. The van der Waals surface area contributed by atoms with Gasteiger partial charge in [0.25, 0.3) is 5.91 Å². The maximum atomic E-state index is 13.7. The number of aromatic amines is 1. The second-order valence-electron chi connectivity index (χ2n) is 8.10. The van der Waals surface area contributed by atoms with Gasteiger partial charge in [0.2, 0.25) is 0 Å². The highest BCUT2D eigenvalue weighted by Gasteiger charge is 2.22. The highest BCUT2D eigenvalue weighted by atomic mass is 19.1. The van der Waals surface area contributed by atoms with Crippen molar-refractivity contribution in [3.63, 3.8) is 0 Å². The molecule has 0 spiro atoms. The minimum atomic E-state index is -0.266. The molecule has 0 saturated carbocycles. The Kier molecular flexibility index (Phi) is 6.30. The van der Waals surface area contributed by atoms with Crippen LogP contribution in [-0.4, -0.2) is 38.8 Å². The Morgan fingerprint density at radius 3 is 2.62 bits per heavy atom. The van der Waals surface area contributed by atoms with Gasteiger partial charge in [-0.15, -0.1) is 0 Å². The minimum absolute atomic E-state index is 0.140. The molecule has 2 aromatic carbocycles. The number of carbonyl (C=O) groups excluding carboxylic acids is 1. The summed E-state index contributed by atoms with van der Waals surface area (Å²) >= 11 is 0. The normalized spacial score (nSPS) is 11.1. The van der Waals surface area contributed by atoms with Crippen LogP contribution in [0.5, 0.6) is 0 Å². The van der Waals surface area contributed by atoms with Crippen LogP contribution < -0.4 is 0 Å². The van der Waals surface area contributed by atoms with Gasteiger partial charge in [0.1, 0.15) is 11.5 Å². The fourth-order valence-electron chi connectivity index (χ4n) is 3.94. The van der Waals surface area contributed by atoms with Crippen LogP contribution in [-0.2, 0) is 6.42 Å². The first-order chi connectivity index (χ1) is 15.5. The Morgan fingerprint density at radius 1 is 1.03 bits per heavy atom. The van der Waals surface area contributed by atoms with Gasteiger partial charge in [-0.1, -0.05) is 19.1 Å². The average molecular weight is 431 g/mol. The maximum absolute atomic E-state index is 13.7. The molecule has 164 valence electrons. The summed E-state index contributed by atoms with van der Waals surface area (Å²) in [6.45, 7) is 7.27. The number of aromatic nitrogens is 3. The number of hydrogen-bond donors (Lipinski definition) is 1. The summed E-state index contributed by atoms with van der Waals surface area (Å²) in [5.74, 6) is -0.406. The van der Waals surface area contributed by atoms with Gasteiger partial charge in [-0.3, -0.25) is 9.78 Å². The van der Waals surface area contributed by atoms with Crippen molar-refractivity contribution in [1.82, 2.24) is 19.9 Å². The Labute approximate surface area is 187 Å². The molecule has 2 heterocycles. The van der Waals surface area contributed by atoms with E-state index in [0.717, 1.165) is 34.0 Å². The first-order valence-electron chi connectivity index (χ1n) is 10.9. The van der Waals surface area contributed by atoms with E-state index in [4.69, 9.17) is 0 Å². The first-order valence-corrected chi connectivity index (χ1v) is 10.9. The zero-order valence-electron chi connectivity index (χ0n) is 18.7. The standard InChI is InChI=1S/C26H27FN4O/c1-4-12-31(13-9-20-16-30-23-8-7-21(27)15-22(20)23)26(32)25-24(28-10-11-29-25)19-6-5-17(2)18(3)14-19/h5-8,10-11,14-16,30H,4,9,12-13H2,1-3H3. The molecule has 2 aromatic heterocycles. The maximum Gasteiger partial charge on any atom is 0.274 e. The second kappa shape index (κ2) is 9.30. The third-order valence-electron chi connectivity index (χ3n) is 5.84. The number of rotatable bonds is 7. The summed E-state index contributed by atoms with van der Waals surface area (Å²) in [7, 11) is 0. The Bertz CT molecular complexity index is 1260. The van der Waals surface area contributed by atoms with Gasteiger partial charge in [-0.05, 0) is 67.6 Å². The highest BCUT2D eigenvalue weighted by Crippen LogP contribution is 2.24. The van der Waals surface area contributed by atoms with Crippen molar-refractivity contribution in [3.05, 3.63) is 83.2 Å². The van der Waals surface area contributed by atoms with Crippen LogP contribution in [0.4, 0.5) is 4.39 Å². The smallest absolute Gasteiger partial charge is 0.274 e. The number of H-pyrrole nitrogens is 1. The van der Waals surface area contributed by atoms with E-state index in [9.17, 15) is 9.18 Å². The zero-order chi connectivity index (χ0) is 22.7. The topological polar surface area (TPSA) is 61.9 Å². The number of amides is 1. The van der Waals surface area contributed by atoms with Crippen LogP contribution in [0, 0.1) is 19.7 Å². The molecule has 0 aliphatic rings. The molecular formula is C26H27FN4O. The van der Waals surface area contributed by atoms with Crippen molar-refractivity contribution < 1.29 is 9.18 Å². The number of fused-ring (bicyclic) bond motifs is 1. The lowest BCUT2D eigenvalue weighted by molar-refractivity contribution is 0.0752. The number of halogens is 1. The minimum Gasteiger partial charge on any atom is -0.361 e. The molecule has 4 rings (SSSR count). The molecule has 0 atom stereocenters. The number of carbonyl (C=O) groups is 1. The van der Waals surface area contributed by atoms with Gasteiger partial charge in [0, 0.05) is 48.1 Å². The number of benzene rings is 2. The van der Waals surface area contributed by atoms with Crippen molar-refractivity contribution in [2.24, 2.45) is 0 Å². The Balaban J connectivity index is 1.61. The predicted molar refractivity (Wildman–Crippen MR) is 125 cm³/mol. The van der Waals surface area contributed by atoms with Crippen molar-refractivity contribution in [1.29, 1.82) is 0 Å². The zero-order valence-corrected chi connectivity index (χ0v) is 18.7. The number of hydrogen-bond acceptors (Lipinski definition) is 3. The predicted octanol–water partition coefficient (Wildman–Crippen LogP) is 5.48. The van der Waals surface area contributed by atoms with E-state index in [1.54, 1.807) is 18.5 Å². The quantitative estimate of drug-likeness (QED) is 0.423. The van der Waals surface area contributed by atoms with E-state index in [2.05, 4.69) is 21.9 Å². The van der Waals surface area contributed by atoms with Crippen LogP contribution in [0.15, 0.2) is 55.0 Å². The molecule has 0 saturated heterocycles. The van der Waals surface area contributed by atoms with E-state index in [1.807, 2.05) is 43.1 Å². The van der Waals surface area contributed by atoms with Gasteiger partial charge in [-0.2, -0.15) is 0 Å². The lowest BCUT2D eigenvalue weighted by atomic mass is 10.0. The molecule has 0 radical (unpaired) electrons. The molecule has 4 aromatic rings. The van der Waals surface area contributed by atoms with E-state index in [1.165, 1.54) is 17.7 Å². The average Bonchev–Trinajstić information content (AvgIpc) is 3.20. The molecular weight excluding hydrogens is 403 g/mol. The van der Waals surface area contributed by atoms with E-state index < -0.39 is 0 Å². The molecule has 6 heteroatoms. The molecule has 1 N–H and O–H groups in total. The van der Waals surface area contributed by atoms with Crippen LogP contribution in [0.3, 0.4) is 0 Å². The first kappa shape index (κ1) is 21.7. The summed E-state index contributed by atoms with van der Waals surface area (Å²) in [4.78, 5) is 27.4. The van der Waals surface area contributed by atoms with E-state index in [0.29, 0.717) is 30.9 Å². The van der Waals surface area contributed by atoms with Crippen LogP contribution in [0.1, 0.15) is 40.5 Å². The SMILES string of the molecule is CCCN(CCc1c[nH]c2ccc(F)cc12)C(=O)c1nccnc1-c1ccc(C)c(C)c1. The fraction of sp³-hybridized carbons (Fsp3) is 0.269. The van der Waals surface area contributed by atoms with Gasteiger partial charge >= 0.3 is 0 Å². The molecule has 0 unspecified atom stereocenters. The summed E-state index contributed by atoms with van der Waals surface area (Å²) in [6, 6.07) is 10.8. The molecule has 0 aliphatic heterocycles. The van der Waals surface area contributed by atoms with Crippen molar-refractivity contribution in [2.75, 3.05) is 13.1 Å². The van der Waals surface area contributed by atoms with Crippen molar-refractivity contribution in [2.45, 2.75) is 33.6 Å². The molecule has 1 amide bonds. The van der Waals surface area contributed by atoms with E-state index >= 15 is 0 Å². The fourth-order valence-corrected chi connectivity index (χ4v) is 3.94. The third-order valence-corrected chi connectivity index (χ3v) is 5.84. The van der Waals surface area contributed by atoms with Gasteiger partial charge < -0.3 is 9.88 Å². The lowest BCUT2D eigenvalue weighted by Gasteiger charge is -2.22. The summed E-state index contributed by atoms with van der Waals surface area (Å²) in [5.41, 5.74) is 6.04. The largest absolute Gasteiger partial charge is 0.361 e. The van der Waals surface area contributed by atoms with Crippen LogP contribution in [0.25, 0.3) is 22.2 Å². The van der Waals surface area contributed by atoms with Crippen LogP contribution in [0.2, 0.25) is 0 Å². The van der Waals surface area contributed by atoms with E-state index in [-0.39, 0.29) is 11.7 Å². The molecule has 0 aliphatic carbocycles. The van der Waals surface area contributed by atoms with Crippen molar-refractivity contribution in [3.8, 4) is 11.3 Å².